The number of phenols is 2. The Bertz CT molecular complexity index is 873. The summed E-state index contributed by atoms with van der Waals surface area (Å²) in [5, 5.41) is 34.9. The van der Waals surface area contributed by atoms with E-state index >= 15 is 0 Å². The Morgan fingerprint density at radius 3 is 2.13 bits per heavy atom. The Morgan fingerprint density at radius 2 is 1.57 bits per heavy atom. The summed E-state index contributed by atoms with van der Waals surface area (Å²) in [5.74, 6) is -1.09. The molecule has 0 radical (unpaired) electrons. The SMILES string of the molecule is O=C([O-])Cn1nc(-c2ccccc2O)nc1-c1ccccc1O. The van der Waals surface area contributed by atoms with Gasteiger partial charge in [0.25, 0.3) is 0 Å². The molecule has 0 bridgehead atoms. The molecule has 7 heteroatoms. The summed E-state index contributed by atoms with van der Waals surface area (Å²) in [6, 6.07) is 12.8. The number of rotatable bonds is 4. The lowest BCUT2D eigenvalue weighted by Gasteiger charge is -2.07. The maximum Gasteiger partial charge on any atom is 0.185 e. The van der Waals surface area contributed by atoms with Gasteiger partial charge in [0.05, 0.1) is 23.6 Å². The zero-order chi connectivity index (χ0) is 16.4. The lowest BCUT2D eigenvalue weighted by atomic mass is 10.2. The van der Waals surface area contributed by atoms with Crippen molar-refractivity contribution < 1.29 is 20.1 Å². The Labute approximate surface area is 131 Å². The molecule has 2 aromatic carbocycles. The molecule has 0 aliphatic carbocycles. The maximum atomic E-state index is 10.9. The van der Waals surface area contributed by atoms with E-state index in [2.05, 4.69) is 10.1 Å². The molecule has 0 saturated heterocycles. The van der Waals surface area contributed by atoms with Crippen LogP contribution in [-0.2, 0) is 11.3 Å². The van der Waals surface area contributed by atoms with Gasteiger partial charge in [0, 0.05) is 0 Å². The van der Waals surface area contributed by atoms with Gasteiger partial charge in [-0.2, -0.15) is 0 Å². The maximum absolute atomic E-state index is 10.9. The molecule has 116 valence electrons. The van der Waals surface area contributed by atoms with Crippen molar-refractivity contribution in [3.05, 3.63) is 48.5 Å². The van der Waals surface area contributed by atoms with Crippen LogP contribution in [0.5, 0.6) is 11.5 Å². The first-order valence-corrected chi connectivity index (χ1v) is 6.77. The normalized spacial score (nSPS) is 10.6. The Kier molecular flexibility index (Phi) is 3.68. The van der Waals surface area contributed by atoms with Crippen LogP contribution in [0, 0.1) is 0 Å². The monoisotopic (exact) mass is 310 g/mol. The molecule has 0 saturated carbocycles. The van der Waals surface area contributed by atoms with Crippen molar-refractivity contribution in [2.75, 3.05) is 0 Å². The standard InChI is InChI=1S/C16H13N3O4/c20-12-7-3-1-5-10(12)15-17-16(19(18-15)9-14(22)23)11-6-2-4-8-13(11)21/h1-8,20-21H,9H2,(H,22,23)/p-1. The van der Waals surface area contributed by atoms with Crippen LogP contribution in [0.3, 0.4) is 0 Å². The highest BCUT2D eigenvalue weighted by Gasteiger charge is 2.17. The summed E-state index contributed by atoms with van der Waals surface area (Å²) < 4.78 is 1.12. The third-order valence-corrected chi connectivity index (χ3v) is 3.24. The van der Waals surface area contributed by atoms with Gasteiger partial charge in [-0.05, 0) is 24.3 Å². The van der Waals surface area contributed by atoms with Gasteiger partial charge in [-0.1, -0.05) is 24.3 Å². The highest BCUT2D eigenvalue weighted by Crippen LogP contribution is 2.31. The smallest absolute Gasteiger partial charge is 0.185 e. The van der Waals surface area contributed by atoms with Crippen LogP contribution in [0.1, 0.15) is 0 Å². The van der Waals surface area contributed by atoms with Crippen molar-refractivity contribution in [3.63, 3.8) is 0 Å². The molecular weight excluding hydrogens is 298 g/mol. The molecule has 0 fully saturated rings. The minimum absolute atomic E-state index is 0.0260. The van der Waals surface area contributed by atoms with E-state index in [9.17, 15) is 20.1 Å². The molecule has 3 aromatic rings. The number of aromatic hydroxyl groups is 2. The van der Waals surface area contributed by atoms with Gasteiger partial charge >= 0.3 is 0 Å². The fraction of sp³-hybridized carbons (Fsp3) is 0.0625. The van der Waals surface area contributed by atoms with Crippen molar-refractivity contribution in [2.45, 2.75) is 6.54 Å². The third kappa shape index (κ3) is 2.84. The van der Waals surface area contributed by atoms with Crippen molar-refractivity contribution in [1.82, 2.24) is 14.8 Å². The van der Waals surface area contributed by atoms with Crippen LogP contribution < -0.4 is 5.11 Å². The van der Waals surface area contributed by atoms with E-state index in [1.807, 2.05) is 0 Å². The van der Waals surface area contributed by atoms with Gasteiger partial charge in [0.2, 0.25) is 0 Å². The number of aromatic nitrogens is 3. The first kappa shape index (κ1) is 14.6. The number of carboxylic acid groups (broad SMARTS) is 1. The zero-order valence-electron chi connectivity index (χ0n) is 11.9. The predicted molar refractivity (Wildman–Crippen MR) is 79.2 cm³/mol. The van der Waals surface area contributed by atoms with Crippen LogP contribution in [0.4, 0.5) is 0 Å². The summed E-state index contributed by atoms with van der Waals surface area (Å²) in [7, 11) is 0. The average Bonchev–Trinajstić information content (AvgIpc) is 2.91. The first-order valence-electron chi connectivity index (χ1n) is 6.77. The van der Waals surface area contributed by atoms with E-state index in [0.717, 1.165) is 4.68 Å². The minimum Gasteiger partial charge on any atom is -0.548 e. The quantitative estimate of drug-likeness (QED) is 0.736. The summed E-state index contributed by atoms with van der Waals surface area (Å²) in [6.45, 7) is -0.524. The Balaban J connectivity index is 2.17. The van der Waals surface area contributed by atoms with E-state index in [0.29, 0.717) is 11.1 Å². The number of benzene rings is 2. The second-order valence-corrected chi connectivity index (χ2v) is 4.82. The van der Waals surface area contributed by atoms with Gasteiger partial charge in [-0.25, -0.2) is 9.67 Å². The summed E-state index contributed by atoms with van der Waals surface area (Å²) >= 11 is 0. The number of carbonyl (C=O) groups is 1. The highest BCUT2D eigenvalue weighted by atomic mass is 16.4. The number of phenolic OH excluding ortho intramolecular Hbond substituents is 2. The van der Waals surface area contributed by atoms with Crippen molar-refractivity contribution in [3.8, 4) is 34.3 Å². The molecular formula is C16H12N3O4-. The topological polar surface area (TPSA) is 111 Å². The van der Waals surface area contributed by atoms with Crippen molar-refractivity contribution >= 4 is 5.97 Å². The van der Waals surface area contributed by atoms with Crippen LogP contribution >= 0.6 is 0 Å². The van der Waals surface area contributed by atoms with Crippen LogP contribution in [0.15, 0.2) is 48.5 Å². The molecule has 0 aliphatic rings. The molecule has 3 rings (SSSR count). The lowest BCUT2D eigenvalue weighted by molar-refractivity contribution is -0.306. The van der Waals surface area contributed by atoms with Crippen LogP contribution in [-0.4, -0.2) is 30.9 Å². The highest BCUT2D eigenvalue weighted by molar-refractivity contribution is 5.71. The number of carbonyl (C=O) groups excluding carboxylic acids is 1. The van der Waals surface area contributed by atoms with E-state index in [1.54, 1.807) is 36.4 Å². The molecule has 0 amide bonds. The molecule has 1 heterocycles. The van der Waals surface area contributed by atoms with Crippen LogP contribution in [0.25, 0.3) is 22.8 Å². The van der Waals surface area contributed by atoms with Gasteiger partial charge in [-0.15, -0.1) is 5.10 Å². The number of carboxylic acids is 1. The predicted octanol–water partition coefficient (Wildman–Crippen LogP) is 0.773. The number of para-hydroxylation sites is 2. The molecule has 7 nitrogen and oxygen atoms in total. The summed E-state index contributed by atoms with van der Waals surface area (Å²) in [6.07, 6.45) is 0. The zero-order valence-corrected chi connectivity index (χ0v) is 11.9. The number of nitrogens with zero attached hydrogens (tertiary/aromatic N) is 3. The molecule has 2 N–H and O–H groups in total. The third-order valence-electron chi connectivity index (χ3n) is 3.24. The van der Waals surface area contributed by atoms with E-state index in [4.69, 9.17) is 0 Å². The fourth-order valence-electron chi connectivity index (χ4n) is 2.21. The second kappa shape index (κ2) is 5.80. The molecule has 0 unspecified atom stereocenters. The van der Waals surface area contributed by atoms with Crippen molar-refractivity contribution in [1.29, 1.82) is 0 Å². The molecule has 0 spiro atoms. The van der Waals surface area contributed by atoms with Gasteiger partial charge in [0.1, 0.15) is 11.5 Å². The average molecular weight is 310 g/mol. The van der Waals surface area contributed by atoms with E-state index < -0.39 is 12.5 Å². The second-order valence-electron chi connectivity index (χ2n) is 4.82. The number of aliphatic carboxylic acids is 1. The largest absolute Gasteiger partial charge is 0.548 e. The van der Waals surface area contributed by atoms with Gasteiger partial charge < -0.3 is 20.1 Å². The first-order chi connectivity index (χ1) is 11.1. The number of hydrogen-bond donors (Lipinski definition) is 2. The Hall–Kier alpha value is -3.35. The fourth-order valence-corrected chi connectivity index (χ4v) is 2.21. The van der Waals surface area contributed by atoms with Gasteiger partial charge in [0.15, 0.2) is 11.6 Å². The van der Waals surface area contributed by atoms with E-state index in [-0.39, 0.29) is 23.1 Å². The molecule has 0 aliphatic heterocycles. The Morgan fingerprint density at radius 1 is 1.00 bits per heavy atom. The minimum atomic E-state index is -1.34. The molecule has 1 aromatic heterocycles. The van der Waals surface area contributed by atoms with E-state index in [1.165, 1.54) is 12.1 Å². The van der Waals surface area contributed by atoms with Crippen LogP contribution in [0.2, 0.25) is 0 Å². The number of hydrogen-bond acceptors (Lipinski definition) is 6. The van der Waals surface area contributed by atoms with Crippen molar-refractivity contribution in [2.24, 2.45) is 0 Å². The summed E-state index contributed by atoms with van der Waals surface area (Å²) in [5.41, 5.74) is 0.698. The summed E-state index contributed by atoms with van der Waals surface area (Å²) in [4.78, 5) is 15.2. The lowest BCUT2D eigenvalue weighted by Crippen LogP contribution is -2.28. The molecule has 23 heavy (non-hydrogen) atoms. The molecule has 0 atom stereocenters. The van der Waals surface area contributed by atoms with Gasteiger partial charge in [-0.3, -0.25) is 0 Å².